The number of carbonyl (C=O) groups excluding carboxylic acids is 1. The van der Waals surface area contributed by atoms with E-state index < -0.39 is 10.0 Å². The number of nitrogens with zero attached hydrogens (tertiary/aromatic N) is 1. The van der Waals surface area contributed by atoms with Crippen molar-refractivity contribution < 1.29 is 13.2 Å². The third kappa shape index (κ3) is 4.78. The first-order valence-electron chi connectivity index (χ1n) is 6.46. The number of carbonyl (C=O) groups is 1. The summed E-state index contributed by atoms with van der Waals surface area (Å²) in [5.41, 5.74) is 0.428. The number of aromatic nitrogens is 1. The van der Waals surface area contributed by atoms with E-state index in [1.54, 1.807) is 19.1 Å². The Kier molecular flexibility index (Phi) is 6.40. The molecule has 0 atom stereocenters. The van der Waals surface area contributed by atoms with E-state index in [1.807, 2.05) is 6.92 Å². The Morgan fingerprint density at radius 3 is 2.75 bits per heavy atom. The molecular formula is C12H20N4O3S. The highest BCUT2D eigenvalue weighted by molar-refractivity contribution is 7.89. The predicted octanol–water partition coefficient (Wildman–Crippen LogP) is 0.318. The van der Waals surface area contributed by atoms with E-state index in [1.165, 1.54) is 6.20 Å². The topological polar surface area (TPSA) is 100 Å². The predicted molar refractivity (Wildman–Crippen MR) is 76.9 cm³/mol. The second-order valence-electron chi connectivity index (χ2n) is 4.06. The molecule has 0 fully saturated rings. The van der Waals surface area contributed by atoms with Gasteiger partial charge >= 0.3 is 0 Å². The molecule has 1 aromatic heterocycles. The summed E-state index contributed by atoms with van der Waals surface area (Å²) < 4.78 is 26.5. The van der Waals surface area contributed by atoms with Gasteiger partial charge in [0, 0.05) is 19.3 Å². The Hall–Kier alpha value is -1.67. The van der Waals surface area contributed by atoms with Gasteiger partial charge < -0.3 is 10.6 Å². The second-order valence-corrected chi connectivity index (χ2v) is 5.74. The van der Waals surface area contributed by atoms with Gasteiger partial charge in [0.1, 0.15) is 0 Å². The van der Waals surface area contributed by atoms with Crippen molar-refractivity contribution in [1.82, 2.24) is 15.0 Å². The number of hydrogen-bond acceptors (Lipinski definition) is 5. The lowest BCUT2D eigenvalue weighted by molar-refractivity contribution is -0.119. The normalized spacial score (nSPS) is 11.1. The fourth-order valence-corrected chi connectivity index (χ4v) is 2.57. The second kappa shape index (κ2) is 7.81. The van der Waals surface area contributed by atoms with Gasteiger partial charge in [0.15, 0.2) is 5.03 Å². The average molecular weight is 300 g/mol. The van der Waals surface area contributed by atoms with Crippen LogP contribution in [0.5, 0.6) is 0 Å². The highest BCUT2D eigenvalue weighted by Gasteiger charge is 2.20. The third-order valence-electron chi connectivity index (χ3n) is 2.39. The van der Waals surface area contributed by atoms with Crippen molar-refractivity contribution in [2.45, 2.75) is 25.3 Å². The van der Waals surface area contributed by atoms with E-state index >= 15 is 0 Å². The van der Waals surface area contributed by atoms with E-state index in [2.05, 4.69) is 20.3 Å². The first-order chi connectivity index (χ1) is 9.51. The van der Waals surface area contributed by atoms with Crippen molar-refractivity contribution in [3.05, 3.63) is 18.3 Å². The Morgan fingerprint density at radius 2 is 2.10 bits per heavy atom. The first-order valence-corrected chi connectivity index (χ1v) is 7.94. The van der Waals surface area contributed by atoms with Crippen LogP contribution >= 0.6 is 0 Å². The van der Waals surface area contributed by atoms with Crippen molar-refractivity contribution in [2.24, 2.45) is 0 Å². The summed E-state index contributed by atoms with van der Waals surface area (Å²) in [7, 11) is -3.82. The van der Waals surface area contributed by atoms with Gasteiger partial charge in [-0.25, -0.2) is 18.1 Å². The molecular weight excluding hydrogens is 280 g/mol. The molecule has 0 spiro atoms. The number of sulfonamides is 1. The molecule has 0 saturated carbocycles. The largest absolute Gasteiger partial charge is 0.383 e. The number of nitrogens with one attached hydrogen (secondary N) is 3. The summed E-state index contributed by atoms with van der Waals surface area (Å²) in [5, 5.41) is 5.42. The number of rotatable bonds is 8. The smallest absolute Gasteiger partial charge is 0.260 e. The molecule has 0 radical (unpaired) electrons. The Morgan fingerprint density at radius 1 is 1.35 bits per heavy atom. The van der Waals surface area contributed by atoms with Crippen LogP contribution in [0.15, 0.2) is 23.4 Å². The molecule has 0 aliphatic heterocycles. The molecule has 0 aliphatic carbocycles. The van der Waals surface area contributed by atoms with E-state index in [9.17, 15) is 13.2 Å². The lowest BCUT2D eigenvalue weighted by Gasteiger charge is -2.11. The van der Waals surface area contributed by atoms with Gasteiger partial charge in [-0.15, -0.1) is 0 Å². The van der Waals surface area contributed by atoms with E-state index in [-0.39, 0.29) is 17.5 Å². The monoisotopic (exact) mass is 300 g/mol. The molecule has 1 heterocycles. The number of anilines is 1. The maximum Gasteiger partial charge on any atom is 0.260 e. The molecule has 1 aromatic rings. The number of likely N-dealkylation sites (N-methyl/N-ethyl adjacent to an activating group) is 1. The fraction of sp³-hybridized carbons (Fsp3) is 0.500. The summed E-state index contributed by atoms with van der Waals surface area (Å²) in [5.74, 6) is -0.380. The zero-order chi connectivity index (χ0) is 15.0. The van der Waals surface area contributed by atoms with Crippen molar-refractivity contribution in [1.29, 1.82) is 0 Å². The van der Waals surface area contributed by atoms with E-state index in [4.69, 9.17) is 0 Å². The van der Waals surface area contributed by atoms with Crippen LogP contribution < -0.4 is 15.4 Å². The van der Waals surface area contributed by atoms with E-state index in [0.717, 1.165) is 6.42 Å². The van der Waals surface area contributed by atoms with Crippen molar-refractivity contribution >= 4 is 21.6 Å². The molecule has 0 saturated heterocycles. The molecule has 0 bridgehead atoms. The van der Waals surface area contributed by atoms with Crippen LogP contribution in [0.2, 0.25) is 0 Å². The van der Waals surface area contributed by atoms with Crippen molar-refractivity contribution in [2.75, 3.05) is 25.0 Å². The van der Waals surface area contributed by atoms with Crippen LogP contribution in [0.1, 0.15) is 20.3 Å². The van der Waals surface area contributed by atoms with E-state index in [0.29, 0.717) is 18.8 Å². The minimum absolute atomic E-state index is 0.0993. The maximum atomic E-state index is 12.1. The summed E-state index contributed by atoms with van der Waals surface area (Å²) in [6, 6.07) is 3.30. The minimum Gasteiger partial charge on any atom is -0.383 e. The van der Waals surface area contributed by atoms with Gasteiger partial charge in [-0.1, -0.05) is 6.92 Å². The Labute approximate surface area is 119 Å². The zero-order valence-corrected chi connectivity index (χ0v) is 12.5. The molecule has 8 heteroatoms. The first kappa shape index (κ1) is 16.4. The molecule has 1 rings (SSSR count). The van der Waals surface area contributed by atoms with Gasteiger partial charge in [-0.2, -0.15) is 0 Å². The summed E-state index contributed by atoms with van der Waals surface area (Å²) >= 11 is 0. The molecule has 112 valence electrons. The van der Waals surface area contributed by atoms with Crippen LogP contribution in [0.3, 0.4) is 0 Å². The van der Waals surface area contributed by atoms with Gasteiger partial charge in [-0.05, 0) is 25.5 Å². The van der Waals surface area contributed by atoms with Crippen LogP contribution in [0, 0.1) is 0 Å². The number of hydrogen-bond donors (Lipinski definition) is 3. The van der Waals surface area contributed by atoms with Crippen LogP contribution in [-0.4, -0.2) is 38.9 Å². The van der Waals surface area contributed by atoms with Crippen molar-refractivity contribution in [3.8, 4) is 0 Å². The van der Waals surface area contributed by atoms with Crippen LogP contribution in [0.4, 0.5) is 5.69 Å². The summed E-state index contributed by atoms with van der Waals surface area (Å²) in [6.45, 7) is 4.53. The molecule has 0 unspecified atom stereocenters. The number of amides is 1. The molecule has 7 nitrogen and oxygen atoms in total. The molecule has 1 amide bonds. The van der Waals surface area contributed by atoms with Gasteiger partial charge in [-0.3, -0.25) is 4.79 Å². The highest BCUT2D eigenvalue weighted by atomic mass is 32.2. The number of pyridine rings is 1. The van der Waals surface area contributed by atoms with Gasteiger partial charge in [0.25, 0.3) is 10.0 Å². The lowest BCUT2D eigenvalue weighted by atomic mass is 10.4. The summed E-state index contributed by atoms with van der Waals surface area (Å²) in [6.07, 6.45) is 2.26. The van der Waals surface area contributed by atoms with Gasteiger partial charge in [0.2, 0.25) is 5.91 Å². The van der Waals surface area contributed by atoms with Gasteiger partial charge in [0.05, 0.1) is 12.2 Å². The lowest BCUT2D eigenvalue weighted by Crippen LogP contribution is -2.37. The molecule has 0 aromatic carbocycles. The highest BCUT2D eigenvalue weighted by Crippen LogP contribution is 2.17. The molecule has 20 heavy (non-hydrogen) atoms. The maximum absolute atomic E-state index is 12.1. The Bertz CT molecular complexity index is 545. The van der Waals surface area contributed by atoms with Crippen LogP contribution in [-0.2, 0) is 14.8 Å². The SMILES string of the molecule is CCCNc1cccnc1S(=O)(=O)NCC(=O)NCC. The van der Waals surface area contributed by atoms with Crippen LogP contribution in [0.25, 0.3) is 0 Å². The Balaban J connectivity index is 2.83. The minimum atomic E-state index is -3.82. The fourth-order valence-electron chi connectivity index (χ4n) is 1.49. The third-order valence-corrected chi connectivity index (χ3v) is 3.75. The van der Waals surface area contributed by atoms with Crippen molar-refractivity contribution in [3.63, 3.8) is 0 Å². The molecule has 3 N–H and O–H groups in total. The quantitative estimate of drug-likeness (QED) is 0.642. The zero-order valence-electron chi connectivity index (χ0n) is 11.6. The standard InChI is InChI=1S/C12H20N4O3S/c1-3-7-14-10-6-5-8-15-12(10)20(18,19)16-9-11(17)13-4-2/h5-6,8,14,16H,3-4,7,9H2,1-2H3,(H,13,17). The summed E-state index contributed by atoms with van der Waals surface area (Å²) in [4.78, 5) is 15.2. The average Bonchev–Trinajstić information content (AvgIpc) is 2.44. The molecule has 0 aliphatic rings.